The van der Waals surface area contributed by atoms with E-state index in [1.54, 1.807) is 25.9 Å². The summed E-state index contributed by atoms with van der Waals surface area (Å²) in [5.74, 6) is 0.735. The highest BCUT2D eigenvalue weighted by atomic mass is 16.5. The lowest BCUT2D eigenvalue weighted by atomic mass is 10.0. The van der Waals surface area contributed by atoms with Gasteiger partial charge < -0.3 is 19.7 Å². The third kappa shape index (κ3) is 3.29. The number of fused-ring (bicyclic) bond motifs is 1. The molecular formula is C16H24N2O3. The number of methoxy groups -OCH3 is 1. The molecule has 1 aromatic carbocycles. The largest absolute Gasteiger partial charge is 0.476 e. The average molecular weight is 292 g/mol. The summed E-state index contributed by atoms with van der Waals surface area (Å²) in [4.78, 5) is 14.4. The third-order valence-electron chi connectivity index (χ3n) is 3.49. The molecule has 1 amide bonds. The van der Waals surface area contributed by atoms with Crippen molar-refractivity contribution < 1.29 is 14.3 Å². The first-order valence-corrected chi connectivity index (χ1v) is 7.37. The van der Waals surface area contributed by atoms with Gasteiger partial charge in [-0.1, -0.05) is 0 Å². The van der Waals surface area contributed by atoms with E-state index in [1.807, 2.05) is 25.1 Å². The molecule has 21 heavy (non-hydrogen) atoms. The number of hydrogen-bond acceptors (Lipinski definition) is 4. The Kier molecular flexibility index (Phi) is 4.73. The maximum Gasteiger partial charge on any atom is 0.270 e. The zero-order chi connectivity index (χ0) is 15.5. The van der Waals surface area contributed by atoms with Gasteiger partial charge in [-0.15, -0.1) is 0 Å². The second-order valence-corrected chi connectivity index (χ2v) is 5.63. The van der Waals surface area contributed by atoms with Crippen LogP contribution >= 0.6 is 0 Å². The van der Waals surface area contributed by atoms with Crippen LogP contribution in [-0.4, -0.2) is 38.3 Å². The highest BCUT2D eigenvalue weighted by Crippen LogP contribution is 2.39. The quantitative estimate of drug-likeness (QED) is 0.819. The number of nitrogens with zero attached hydrogens (tertiary/aromatic N) is 1. The van der Waals surface area contributed by atoms with Gasteiger partial charge in [-0.3, -0.25) is 4.79 Å². The van der Waals surface area contributed by atoms with Crippen molar-refractivity contribution in [3.05, 3.63) is 18.2 Å². The maximum absolute atomic E-state index is 12.6. The summed E-state index contributed by atoms with van der Waals surface area (Å²) >= 11 is 0. The van der Waals surface area contributed by atoms with Gasteiger partial charge in [-0.05, 0) is 45.4 Å². The molecule has 0 aromatic heterocycles. The third-order valence-corrected chi connectivity index (χ3v) is 3.49. The standard InChI is InChI=1S/C16H24N2O3/c1-5-17-12-7-8-14-13(11-12)18(9-6-10-20-4)15(19)16(2,3)21-14/h7-8,11,17H,5-6,9-10H2,1-4H3. The van der Waals surface area contributed by atoms with Crippen LogP contribution in [0, 0.1) is 0 Å². The maximum atomic E-state index is 12.6. The molecule has 1 aromatic rings. The number of anilines is 2. The number of carbonyl (C=O) groups is 1. The molecule has 0 saturated heterocycles. The molecule has 0 fully saturated rings. The topological polar surface area (TPSA) is 50.8 Å². The van der Waals surface area contributed by atoms with Crippen molar-refractivity contribution >= 4 is 17.3 Å². The number of amides is 1. The van der Waals surface area contributed by atoms with Gasteiger partial charge in [0.05, 0.1) is 5.69 Å². The van der Waals surface area contributed by atoms with Crippen LogP contribution in [-0.2, 0) is 9.53 Å². The lowest BCUT2D eigenvalue weighted by Gasteiger charge is -2.39. The van der Waals surface area contributed by atoms with Gasteiger partial charge in [-0.2, -0.15) is 0 Å². The summed E-state index contributed by atoms with van der Waals surface area (Å²) in [6, 6.07) is 5.87. The zero-order valence-corrected chi connectivity index (χ0v) is 13.2. The van der Waals surface area contributed by atoms with Gasteiger partial charge in [0.1, 0.15) is 5.75 Å². The van der Waals surface area contributed by atoms with E-state index in [0.717, 1.165) is 30.1 Å². The van der Waals surface area contributed by atoms with Crippen LogP contribution in [0.15, 0.2) is 18.2 Å². The van der Waals surface area contributed by atoms with E-state index >= 15 is 0 Å². The average Bonchev–Trinajstić information content (AvgIpc) is 2.44. The Morgan fingerprint density at radius 1 is 1.38 bits per heavy atom. The van der Waals surface area contributed by atoms with E-state index in [1.165, 1.54) is 0 Å². The lowest BCUT2D eigenvalue weighted by molar-refractivity contribution is -0.132. The minimum absolute atomic E-state index is 0.0141. The molecule has 116 valence electrons. The van der Waals surface area contributed by atoms with E-state index in [2.05, 4.69) is 5.32 Å². The van der Waals surface area contributed by atoms with Gasteiger partial charge >= 0.3 is 0 Å². The first-order chi connectivity index (χ1) is 9.99. The summed E-state index contributed by atoms with van der Waals surface area (Å²) in [5.41, 5.74) is 0.984. The van der Waals surface area contributed by atoms with Crippen LogP contribution in [0.2, 0.25) is 0 Å². The van der Waals surface area contributed by atoms with Crippen molar-refractivity contribution in [2.24, 2.45) is 0 Å². The fourth-order valence-electron chi connectivity index (χ4n) is 2.47. The summed E-state index contributed by atoms with van der Waals surface area (Å²) in [6.07, 6.45) is 0.795. The number of ether oxygens (including phenoxy) is 2. The molecule has 1 N–H and O–H groups in total. The number of nitrogens with one attached hydrogen (secondary N) is 1. The van der Waals surface area contributed by atoms with Crippen LogP contribution in [0.1, 0.15) is 27.2 Å². The van der Waals surface area contributed by atoms with Gasteiger partial charge in [0.25, 0.3) is 5.91 Å². The van der Waals surface area contributed by atoms with Crippen molar-refractivity contribution in [2.75, 3.05) is 37.0 Å². The number of hydrogen-bond donors (Lipinski definition) is 1. The Morgan fingerprint density at radius 3 is 2.81 bits per heavy atom. The SMILES string of the molecule is CCNc1ccc2c(c1)N(CCCOC)C(=O)C(C)(C)O2. The first kappa shape index (κ1) is 15.6. The molecule has 0 unspecified atom stereocenters. The predicted molar refractivity (Wildman–Crippen MR) is 84.2 cm³/mol. The molecule has 0 saturated carbocycles. The Balaban J connectivity index is 2.33. The zero-order valence-electron chi connectivity index (χ0n) is 13.2. The molecule has 0 aliphatic carbocycles. The predicted octanol–water partition coefficient (Wildman–Crippen LogP) is 2.66. The number of carbonyl (C=O) groups excluding carboxylic acids is 1. The summed E-state index contributed by atoms with van der Waals surface area (Å²) in [5, 5.41) is 3.26. The Bertz CT molecular complexity index is 514. The van der Waals surface area contributed by atoms with Gasteiger partial charge in [0.2, 0.25) is 0 Å². The lowest BCUT2D eigenvalue weighted by Crippen LogP contribution is -2.52. The minimum atomic E-state index is -0.834. The van der Waals surface area contributed by atoms with Gasteiger partial charge in [-0.25, -0.2) is 0 Å². The van der Waals surface area contributed by atoms with E-state index < -0.39 is 5.60 Å². The second-order valence-electron chi connectivity index (χ2n) is 5.63. The van der Waals surface area contributed by atoms with E-state index in [9.17, 15) is 4.79 Å². The Labute approximate surface area is 126 Å². The van der Waals surface area contributed by atoms with Crippen LogP contribution in [0.25, 0.3) is 0 Å². The van der Waals surface area contributed by atoms with Crippen LogP contribution in [0.5, 0.6) is 5.75 Å². The molecular weight excluding hydrogens is 268 g/mol. The van der Waals surface area contributed by atoms with Crippen molar-refractivity contribution in [3.63, 3.8) is 0 Å². The van der Waals surface area contributed by atoms with E-state index in [-0.39, 0.29) is 5.91 Å². The van der Waals surface area contributed by atoms with Crippen molar-refractivity contribution in [1.29, 1.82) is 0 Å². The normalized spacial score (nSPS) is 16.4. The van der Waals surface area contributed by atoms with E-state index in [0.29, 0.717) is 13.2 Å². The highest BCUT2D eigenvalue weighted by Gasteiger charge is 2.40. The molecule has 0 radical (unpaired) electrons. The van der Waals surface area contributed by atoms with Crippen LogP contribution in [0.3, 0.4) is 0 Å². The highest BCUT2D eigenvalue weighted by molar-refractivity contribution is 6.02. The minimum Gasteiger partial charge on any atom is -0.476 e. The Hall–Kier alpha value is -1.75. The van der Waals surface area contributed by atoms with Gasteiger partial charge in [0, 0.05) is 32.5 Å². The molecule has 2 rings (SSSR count). The van der Waals surface area contributed by atoms with Crippen LogP contribution in [0.4, 0.5) is 11.4 Å². The van der Waals surface area contributed by atoms with Crippen molar-refractivity contribution in [2.45, 2.75) is 32.8 Å². The van der Waals surface area contributed by atoms with Crippen molar-refractivity contribution in [3.8, 4) is 5.75 Å². The van der Waals surface area contributed by atoms with Crippen LogP contribution < -0.4 is 15.0 Å². The van der Waals surface area contributed by atoms with Gasteiger partial charge in [0.15, 0.2) is 5.60 Å². The Morgan fingerprint density at radius 2 is 2.14 bits per heavy atom. The molecule has 5 nitrogen and oxygen atoms in total. The first-order valence-electron chi connectivity index (χ1n) is 7.37. The second kappa shape index (κ2) is 6.35. The summed E-state index contributed by atoms with van der Waals surface area (Å²) in [7, 11) is 1.67. The molecule has 0 atom stereocenters. The molecule has 5 heteroatoms. The summed E-state index contributed by atoms with van der Waals surface area (Å²) in [6.45, 7) is 7.75. The summed E-state index contributed by atoms with van der Waals surface area (Å²) < 4.78 is 10.9. The monoisotopic (exact) mass is 292 g/mol. The number of benzene rings is 1. The smallest absolute Gasteiger partial charge is 0.270 e. The molecule has 0 spiro atoms. The fourth-order valence-corrected chi connectivity index (χ4v) is 2.47. The number of rotatable bonds is 6. The van der Waals surface area contributed by atoms with E-state index in [4.69, 9.17) is 9.47 Å². The molecule has 1 heterocycles. The molecule has 1 aliphatic rings. The van der Waals surface area contributed by atoms with Crippen molar-refractivity contribution in [1.82, 2.24) is 0 Å². The molecule has 1 aliphatic heterocycles. The fraction of sp³-hybridized carbons (Fsp3) is 0.562. The molecule has 0 bridgehead atoms.